The minimum absolute atomic E-state index is 0.136. The lowest BCUT2D eigenvalue weighted by Gasteiger charge is -2.08. The van der Waals surface area contributed by atoms with Crippen molar-refractivity contribution in [2.45, 2.75) is 27.0 Å². The summed E-state index contributed by atoms with van der Waals surface area (Å²) in [5, 5.41) is 7.29. The van der Waals surface area contributed by atoms with Crippen molar-refractivity contribution < 1.29 is 13.9 Å². The normalized spacial score (nSPS) is 10.7. The van der Waals surface area contributed by atoms with Gasteiger partial charge in [0.25, 0.3) is 5.91 Å². The Morgan fingerprint density at radius 2 is 1.78 bits per heavy atom. The number of amides is 1. The first-order chi connectivity index (χ1) is 12.9. The van der Waals surface area contributed by atoms with E-state index < -0.39 is 0 Å². The Balaban J connectivity index is 1.56. The number of hydrogen-bond acceptors (Lipinski definition) is 3. The van der Waals surface area contributed by atoms with Crippen LogP contribution in [0.2, 0.25) is 0 Å². The quantitative estimate of drug-likeness (QED) is 0.723. The molecule has 0 unspecified atom stereocenters. The van der Waals surface area contributed by atoms with E-state index >= 15 is 0 Å². The molecule has 0 saturated carbocycles. The van der Waals surface area contributed by atoms with E-state index in [2.05, 4.69) is 10.4 Å². The summed E-state index contributed by atoms with van der Waals surface area (Å²) in [7, 11) is 1.89. The van der Waals surface area contributed by atoms with Gasteiger partial charge < -0.3 is 10.1 Å². The highest BCUT2D eigenvalue weighted by molar-refractivity contribution is 5.94. The second kappa shape index (κ2) is 8.03. The summed E-state index contributed by atoms with van der Waals surface area (Å²) in [6, 6.07) is 13.1. The molecule has 1 N–H and O–H groups in total. The van der Waals surface area contributed by atoms with Crippen molar-refractivity contribution in [2.75, 3.05) is 0 Å². The van der Waals surface area contributed by atoms with Gasteiger partial charge in [0.1, 0.15) is 18.2 Å². The van der Waals surface area contributed by atoms with Crippen molar-refractivity contribution in [3.8, 4) is 5.75 Å². The highest BCUT2D eigenvalue weighted by Gasteiger charge is 2.11. The molecule has 0 atom stereocenters. The fraction of sp³-hybridized carbons (Fsp3) is 0.238. The Morgan fingerprint density at radius 1 is 1.11 bits per heavy atom. The standard InChI is InChI=1S/C21H22FN3O2/c1-14-20(15(2)25(3)24-14)12-23-21(26)17-6-4-16(5-7-17)13-27-19-10-8-18(22)9-11-19/h4-11H,12-13H2,1-3H3,(H,23,26). The average molecular weight is 367 g/mol. The van der Waals surface area contributed by atoms with Crippen LogP contribution in [-0.4, -0.2) is 15.7 Å². The van der Waals surface area contributed by atoms with E-state index in [-0.39, 0.29) is 11.7 Å². The van der Waals surface area contributed by atoms with Crippen LogP contribution >= 0.6 is 0 Å². The molecule has 0 spiro atoms. The molecule has 3 rings (SSSR count). The maximum Gasteiger partial charge on any atom is 0.251 e. The lowest BCUT2D eigenvalue weighted by molar-refractivity contribution is 0.0951. The topological polar surface area (TPSA) is 56.2 Å². The lowest BCUT2D eigenvalue weighted by Crippen LogP contribution is -2.23. The Labute approximate surface area is 157 Å². The number of ether oxygens (including phenoxy) is 1. The van der Waals surface area contributed by atoms with Crippen LogP contribution in [0.4, 0.5) is 4.39 Å². The van der Waals surface area contributed by atoms with Crippen LogP contribution < -0.4 is 10.1 Å². The summed E-state index contributed by atoms with van der Waals surface area (Å²) in [5.74, 6) is 0.165. The predicted molar refractivity (Wildman–Crippen MR) is 101 cm³/mol. The van der Waals surface area contributed by atoms with Gasteiger partial charge in [-0.15, -0.1) is 0 Å². The molecule has 0 aliphatic rings. The zero-order valence-corrected chi connectivity index (χ0v) is 15.6. The molecule has 27 heavy (non-hydrogen) atoms. The third-order valence-electron chi connectivity index (χ3n) is 4.52. The molecule has 3 aromatic rings. The van der Waals surface area contributed by atoms with Gasteiger partial charge in [-0.1, -0.05) is 12.1 Å². The van der Waals surface area contributed by atoms with Crippen LogP contribution in [-0.2, 0) is 20.2 Å². The number of hydrogen-bond donors (Lipinski definition) is 1. The first-order valence-electron chi connectivity index (χ1n) is 8.68. The fourth-order valence-corrected chi connectivity index (χ4v) is 2.79. The molecule has 1 amide bonds. The van der Waals surface area contributed by atoms with Crippen LogP contribution in [0.25, 0.3) is 0 Å². The van der Waals surface area contributed by atoms with E-state index in [9.17, 15) is 9.18 Å². The summed E-state index contributed by atoms with van der Waals surface area (Å²) in [4.78, 5) is 12.4. The molecule has 2 aromatic carbocycles. The van der Waals surface area contributed by atoms with Gasteiger partial charge in [0, 0.05) is 30.4 Å². The van der Waals surface area contributed by atoms with E-state index in [1.807, 2.05) is 37.7 Å². The number of halogens is 1. The van der Waals surface area contributed by atoms with E-state index in [1.54, 1.807) is 24.3 Å². The number of nitrogens with zero attached hydrogens (tertiary/aromatic N) is 2. The molecule has 140 valence electrons. The molecule has 0 saturated heterocycles. The molecule has 0 bridgehead atoms. The SMILES string of the molecule is Cc1nn(C)c(C)c1CNC(=O)c1ccc(COc2ccc(F)cc2)cc1. The van der Waals surface area contributed by atoms with E-state index in [4.69, 9.17) is 4.74 Å². The van der Waals surface area contributed by atoms with Gasteiger partial charge >= 0.3 is 0 Å². The summed E-state index contributed by atoms with van der Waals surface area (Å²) >= 11 is 0. The van der Waals surface area contributed by atoms with Crippen LogP contribution in [0.15, 0.2) is 48.5 Å². The average Bonchev–Trinajstić information content (AvgIpc) is 2.91. The zero-order valence-electron chi connectivity index (χ0n) is 15.6. The summed E-state index contributed by atoms with van der Waals surface area (Å²) < 4.78 is 20.3. The number of carbonyl (C=O) groups excluding carboxylic acids is 1. The van der Waals surface area contributed by atoms with Crippen molar-refractivity contribution in [3.63, 3.8) is 0 Å². The Bertz CT molecular complexity index is 931. The number of aryl methyl sites for hydroxylation is 2. The highest BCUT2D eigenvalue weighted by Crippen LogP contribution is 2.15. The van der Waals surface area contributed by atoms with E-state index in [1.165, 1.54) is 12.1 Å². The fourth-order valence-electron chi connectivity index (χ4n) is 2.79. The van der Waals surface area contributed by atoms with Crippen molar-refractivity contribution in [1.29, 1.82) is 0 Å². The van der Waals surface area contributed by atoms with Gasteiger partial charge in [0.05, 0.1) is 5.69 Å². The van der Waals surface area contributed by atoms with Crippen molar-refractivity contribution in [1.82, 2.24) is 15.1 Å². The van der Waals surface area contributed by atoms with Gasteiger partial charge in [-0.25, -0.2) is 4.39 Å². The minimum atomic E-state index is -0.297. The maximum absolute atomic E-state index is 12.9. The zero-order chi connectivity index (χ0) is 19.4. The van der Waals surface area contributed by atoms with Crippen LogP contribution in [0.3, 0.4) is 0 Å². The summed E-state index contributed by atoms with van der Waals surface area (Å²) in [6.07, 6.45) is 0. The Morgan fingerprint density at radius 3 is 2.37 bits per heavy atom. The first kappa shape index (κ1) is 18.6. The number of aromatic nitrogens is 2. The third kappa shape index (κ3) is 4.53. The lowest BCUT2D eigenvalue weighted by atomic mass is 10.1. The first-order valence-corrected chi connectivity index (χ1v) is 8.68. The van der Waals surface area contributed by atoms with Gasteiger partial charge in [-0.3, -0.25) is 9.48 Å². The second-order valence-electron chi connectivity index (χ2n) is 6.40. The van der Waals surface area contributed by atoms with Gasteiger partial charge in [-0.2, -0.15) is 5.10 Å². The molecule has 0 radical (unpaired) electrons. The van der Waals surface area contributed by atoms with Crippen LogP contribution in [0.1, 0.15) is 32.9 Å². The van der Waals surface area contributed by atoms with E-state index in [0.717, 1.165) is 22.5 Å². The molecule has 5 nitrogen and oxygen atoms in total. The molecule has 1 heterocycles. The maximum atomic E-state index is 12.9. The van der Waals surface area contributed by atoms with Gasteiger partial charge in [0.2, 0.25) is 0 Å². The number of nitrogens with one attached hydrogen (secondary N) is 1. The van der Waals surface area contributed by atoms with Gasteiger partial charge in [-0.05, 0) is 55.8 Å². The highest BCUT2D eigenvalue weighted by atomic mass is 19.1. The molecule has 0 fully saturated rings. The molecular formula is C21H22FN3O2. The largest absolute Gasteiger partial charge is 0.489 e. The molecular weight excluding hydrogens is 345 g/mol. The molecule has 6 heteroatoms. The summed E-state index contributed by atoms with van der Waals surface area (Å²) in [6.45, 7) is 4.71. The Kier molecular flexibility index (Phi) is 5.54. The third-order valence-corrected chi connectivity index (χ3v) is 4.52. The van der Waals surface area contributed by atoms with Gasteiger partial charge in [0.15, 0.2) is 0 Å². The number of benzene rings is 2. The second-order valence-corrected chi connectivity index (χ2v) is 6.40. The molecule has 0 aliphatic heterocycles. The molecule has 0 aliphatic carbocycles. The van der Waals surface area contributed by atoms with Crippen molar-refractivity contribution in [3.05, 3.63) is 82.4 Å². The Hall–Kier alpha value is -3.15. The monoisotopic (exact) mass is 367 g/mol. The number of carbonyl (C=O) groups is 1. The van der Waals surface area contributed by atoms with Crippen LogP contribution in [0.5, 0.6) is 5.75 Å². The van der Waals surface area contributed by atoms with Crippen molar-refractivity contribution in [2.24, 2.45) is 7.05 Å². The summed E-state index contributed by atoms with van der Waals surface area (Å²) in [5.41, 5.74) is 4.51. The number of rotatable bonds is 6. The van der Waals surface area contributed by atoms with Crippen LogP contribution in [0, 0.1) is 19.7 Å². The predicted octanol–water partition coefficient (Wildman–Crippen LogP) is 3.69. The minimum Gasteiger partial charge on any atom is -0.489 e. The van der Waals surface area contributed by atoms with E-state index in [0.29, 0.717) is 24.5 Å². The smallest absolute Gasteiger partial charge is 0.251 e. The molecule has 1 aromatic heterocycles. The van der Waals surface area contributed by atoms with Crippen molar-refractivity contribution >= 4 is 5.91 Å².